The first-order valence-electron chi connectivity index (χ1n) is 7.06. The maximum atomic E-state index is 13.3. The van der Waals surface area contributed by atoms with Crippen molar-refractivity contribution in [1.82, 2.24) is 14.9 Å². The number of hydrogen-bond donors (Lipinski definition) is 2. The van der Waals surface area contributed by atoms with Gasteiger partial charge in [-0.25, -0.2) is 13.8 Å². The van der Waals surface area contributed by atoms with Crippen LogP contribution in [0.3, 0.4) is 0 Å². The van der Waals surface area contributed by atoms with Gasteiger partial charge in [0.2, 0.25) is 5.60 Å². The van der Waals surface area contributed by atoms with E-state index in [-0.39, 0.29) is 13.1 Å². The zero-order valence-corrected chi connectivity index (χ0v) is 12.7. The molecule has 0 saturated carbocycles. The average Bonchev–Trinajstić information content (AvgIpc) is 2.92. The van der Waals surface area contributed by atoms with Crippen LogP contribution in [0, 0.1) is 11.6 Å². The lowest BCUT2D eigenvalue weighted by Crippen LogP contribution is -2.46. The lowest BCUT2D eigenvalue weighted by Gasteiger charge is -2.30. The summed E-state index contributed by atoms with van der Waals surface area (Å²) in [6, 6.07) is 3.21. The van der Waals surface area contributed by atoms with Crippen LogP contribution in [0.15, 0.2) is 30.6 Å². The Kier molecular flexibility index (Phi) is 5.24. The molecule has 132 valence electrons. The number of rotatable bonds is 6. The molecule has 0 radical (unpaired) electrons. The maximum absolute atomic E-state index is 13.3. The Morgan fingerprint density at radius 1 is 1.21 bits per heavy atom. The van der Waals surface area contributed by atoms with Gasteiger partial charge >= 0.3 is 6.18 Å². The third-order valence-electron chi connectivity index (χ3n) is 3.64. The zero-order valence-electron chi connectivity index (χ0n) is 12.7. The molecular formula is C15H16F5N3O. The Labute approximate surface area is 134 Å². The van der Waals surface area contributed by atoms with Crippen molar-refractivity contribution in [2.75, 3.05) is 6.54 Å². The van der Waals surface area contributed by atoms with Crippen LogP contribution in [-0.2, 0) is 19.2 Å². The minimum absolute atomic E-state index is 0.0334. The van der Waals surface area contributed by atoms with E-state index in [1.54, 1.807) is 0 Å². The molecule has 0 aliphatic rings. The zero-order chi connectivity index (χ0) is 18.0. The van der Waals surface area contributed by atoms with Gasteiger partial charge < -0.3 is 15.0 Å². The molecule has 0 fully saturated rings. The fourth-order valence-electron chi connectivity index (χ4n) is 2.30. The van der Waals surface area contributed by atoms with Crippen LogP contribution in [0.2, 0.25) is 0 Å². The van der Waals surface area contributed by atoms with Crippen molar-refractivity contribution in [3.8, 4) is 0 Å². The van der Waals surface area contributed by atoms with E-state index in [2.05, 4.69) is 10.3 Å². The highest BCUT2D eigenvalue weighted by atomic mass is 19.4. The summed E-state index contributed by atoms with van der Waals surface area (Å²) in [7, 11) is 1.35. The fourth-order valence-corrected chi connectivity index (χ4v) is 2.30. The monoisotopic (exact) mass is 349 g/mol. The van der Waals surface area contributed by atoms with Crippen molar-refractivity contribution in [2.45, 2.75) is 24.7 Å². The summed E-state index contributed by atoms with van der Waals surface area (Å²) in [5.74, 6) is -2.54. The molecule has 0 spiro atoms. The summed E-state index contributed by atoms with van der Waals surface area (Å²) in [6.45, 7) is -0.173. The lowest BCUT2D eigenvalue weighted by molar-refractivity contribution is -0.272. The minimum Gasteiger partial charge on any atom is -0.374 e. The van der Waals surface area contributed by atoms with E-state index in [4.69, 9.17) is 0 Å². The molecule has 0 bridgehead atoms. The number of alkyl halides is 3. The smallest absolute Gasteiger partial charge is 0.374 e. The largest absolute Gasteiger partial charge is 0.424 e. The third-order valence-corrected chi connectivity index (χ3v) is 3.64. The van der Waals surface area contributed by atoms with Crippen LogP contribution in [0.4, 0.5) is 22.0 Å². The van der Waals surface area contributed by atoms with Crippen LogP contribution in [0.1, 0.15) is 17.8 Å². The first kappa shape index (κ1) is 18.3. The molecule has 2 N–H and O–H groups in total. The highest BCUT2D eigenvalue weighted by Gasteiger charge is 2.56. The average molecular weight is 349 g/mol. The molecule has 1 aromatic carbocycles. The second kappa shape index (κ2) is 6.86. The second-order valence-corrected chi connectivity index (χ2v) is 5.40. The summed E-state index contributed by atoms with van der Waals surface area (Å²) in [4.78, 5) is 3.59. The predicted molar refractivity (Wildman–Crippen MR) is 75.8 cm³/mol. The van der Waals surface area contributed by atoms with Gasteiger partial charge in [-0.05, 0) is 24.2 Å². The molecule has 1 aromatic heterocycles. The van der Waals surface area contributed by atoms with E-state index < -0.39 is 35.7 Å². The summed E-state index contributed by atoms with van der Waals surface area (Å²) < 4.78 is 66.8. The van der Waals surface area contributed by atoms with E-state index in [9.17, 15) is 27.1 Å². The van der Waals surface area contributed by atoms with Gasteiger partial charge in [-0.2, -0.15) is 13.2 Å². The molecule has 4 nitrogen and oxygen atoms in total. The third kappa shape index (κ3) is 3.73. The molecule has 9 heteroatoms. The number of aromatic nitrogens is 2. The number of nitrogens with zero attached hydrogens (tertiary/aromatic N) is 2. The quantitative estimate of drug-likeness (QED) is 0.623. The van der Waals surface area contributed by atoms with Crippen molar-refractivity contribution < 1.29 is 27.1 Å². The van der Waals surface area contributed by atoms with Crippen molar-refractivity contribution >= 4 is 0 Å². The van der Waals surface area contributed by atoms with Crippen molar-refractivity contribution in [1.29, 1.82) is 0 Å². The lowest BCUT2D eigenvalue weighted by atomic mass is 9.97. The first-order chi connectivity index (χ1) is 11.1. The topological polar surface area (TPSA) is 50.1 Å². The standard InChI is InChI=1S/C15H16F5N3O/c1-23-7-6-22-13(23)14(24,15(18,19)20)4-5-21-9-10-2-3-11(16)12(17)8-10/h2-3,6-8,21,24H,4-5,9H2,1H3/t14-/m1/s1. The van der Waals surface area contributed by atoms with Gasteiger partial charge in [-0.15, -0.1) is 0 Å². The van der Waals surface area contributed by atoms with Crippen molar-refractivity contribution in [2.24, 2.45) is 7.05 Å². The molecular weight excluding hydrogens is 333 g/mol. The van der Waals surface area contributed by atoms with Gasteiger partial charge in [0, 0.05) is 32.4 Å². The molecule has 2 aromatic rings. The summed E-state index contributed by atoms with van der Waals surface area (Å²) in [5, 5.41) is 12.8. The second-order valence-electron chi connectivity index (χ2n) is 5.40. The highest BCUT2D eigenvalue weighted by molar-refractivity contribution is 5.17. The summed E-state index contributed by atoms with van der Waals surface area (Å²) in [6.07, 6.45) is -3.11. The summed E-state index contributed by atoms with van der Waals surface area (Å²) >= 11 is 0. The predicted octanol–water partition coefficient (Wildman–Crippen LogP) is 2.63. The molecule has 1 heterocycles. The van der Waals surface area contributed by atoms with E-state index in [1.807, 2.05) is 0 Å². The highest BCUT2D eigenvalue weighted by Crippen LogP contribution is 2.40. The molecule has 2 rings (SSSR count). The van der Waals surface area contributed by atoms with Gasteiger partial charge in [0.25, 0.3) is 0 Å². The van der Waals surface area contributed by atoms with Crippen LogP contribution >= 0.6 is 0 Å². The van der Waals surface area contributed by atoms with Gasteiger partial charge in [-0.3, -0.25) is 0 Å². The number of nitrogens with one attached hydrogen (secondary N) is 1. The Bertz CT molecular complexity index is 701. The normalized spacial score (nSPS) is 14.6. The Balaban J connectivity index is 2.02. The molecule has 0 unspecified atom stereocenters. The van der Waals surface area contributed by atoms with E-state index in [1.165, 1.54) is 25.5 Å². The van der Waals surface area contributed by atoms with Crippen LogP contribution in [0.5, 0.6) is 0 Å². The van der Waals surface area contributed by atoms with Gasteiger partial charge in [0.05, 0.1) is 0 Å². The van der Waals surface area contributed by atoms with Gasteiger partial charge in [0.15, 0.2) is 11.6 Å². The van der Waals surface area contributed by atoms with E-state index >= 15 is 0 Å². The number of hydrogen-bond acceptors (Lipinski definition) is 3. The van der Waals surface area contributed by atoms with Crippen LogP contribution in [-0.4, -0.2) is 27.4 Å². The van der Waals surface area contributed by atoms with E-state index in [0.29, 0.717) is 5.56 Å². The van der Waals surface area contributed by atoms with Crippen LogP contribution in [0.25, 0.3) is 0 Å². The number of aliphatic hydroxyl groups is 1. The minimum atomic E-state index is -4.91. The van der Waals surface area contributed by atoms with Crippen LogP contribution < -0.4 is 5.32 Å². The SMILES string of the molecule is Cn1ccnc1[C@](O)(CCNCc1ccc(F)c(F)c1)C(F)(F)F. The number of halogens is 5. The van der Waals surface area contributed by atoms with Gasteiger partial charge in [-0.1, -0.05) is 6.07 Å². The molecule has 0 aliphatic carbocycles. The molecule has 24 heavy (non-hydrogen) atoms. The van der Waals surface area contributed by atoms with Crippen molar-refractivity contribution in [3.05, 3.63) is 53.6 Å². The van der Waals surface area contributed by atoms with E-state index in [0.717, 1.165) is 16.7 Å². The molecule has 0 aliphatic heterocycles. The fraction of sp³-hybridized carbons (Fsp3) is 0.400. The summed E-state index contributed by atoms with van der Waals surface area (Å²) in [5.41, 5.74) is -2.73. The Hall–Kier alpha value is -2.00. The molecule has 0 saturated heterocycles. The molecule has 0 amide bonds. The number of aryl methyl sites for hydroxylation is 1. The number of benzene rings is 1. The van der Waals surface area contributed by atoms with Gasteiger partial charge in [0.1, 0.15) is 5.82 Å². The maximum Gasteiger partial charge on any atom is 0.424 e. The Morgan fingerprint density at radius 2 is 1.92 bits per heavy atom. The number of imidazole rings is 1. The Morgan fingerprint density at radius 3 is 2.46 bits per heavy atom. The molecule has 1 atom stereocenters. The first-order valence-corrected chi connectivity index (χ1v) is 7.06. The van der Waals surface area contributed by atoms with Crippen molar-refractivity contribution in [3.63, 3.8) is 0 Å².